The lowest BCUT2D eigenvalue weighted by molar-refractivity contribution is 0.0992. The molecule has 3 rings (SSSR count). The third kappa shape index (κ3) is 2.69. The van der Waals surface area contributed by atoms with Crippen LogP contribution in [-0.2, 0) is 13.0 Å². The summed E-state index contributed by atoms with van der Waals surface area (Å²) in [6.07, 6.45) is 0.916. The van der Waals surface area contributed by atoms with E-state index in [0.717, 1.165) is 30.8 Å². The molecule has 0 saturated carbocycles. The number of benzene rings is 2. The average Bonchev–Trinajstić information content (AvgIpc) is 2.53. The Labute approximate surface area is 125 Å². The Morgan fingerprint density at radius 1 is 1.14 bits per heavy atom. The van der Waals surface area contributed by atoms with E-state index >= 15 is 0 Å². The van der Waals surface area contributed by atoms with Crippen molar-refractivity contribution in [2.45, 2.75) is 19.9 Å². The fourth-order valence-corrected chi connectivity index (χ4v) is 2.80. The van der Waals surface area contributed by atoms with Gasteiger partial charge in [-0.1, -0.05) is 29.8 Å². The first kappa shape index (κ1) is 13.8. The van der Waals surface area contributed by atoms with Gasteiger partial charge in [0.25, 0.3) is 5.91 Å². The van der Waals surface area contributed by atoms with E-state index < -0.39 is 0 Å². The maximum atomic E-state index is 12.8. The summed E-state index contributed by atoms with van der Waals surface area (Å²) in [6.45, 7) is 3.84. The summed E-state index contributed by atoms with van der Waals surface area (Å²) in [4.78, 5) is 14.5. The van der Waals surface area contributed by atoms with Crippen LogP contribution in [0.5, 0.6) is 0 Å². The van der Waals surface area contributed by atoms with Crippen LogP contribution in [0.15, 0.2) is 42.5 Å². The van der Waals surface area contributed by atoms with Gasteiger partial charge in [0.15, 0.2) is 0 Å². The third-order valence-corrected chi connectivity index (χ3v) is 4.10. The lowest BCUT2D eigenvalue weighted by atomic mass is 9.94. The van der Waals surface area contributed by atoms with E-state index in [1.165, 1.54) is 16.7 Å². The molecule has 1 aliphatic rings. The highest BCUT2D eigenvalue weighted by Gasteiger charge is 2.20. The average molecular weight is 280 g/mol. The lowest BCUT2D eigenvalue weighted by Crippen LogP contribution is -2.30. The van der Waals surface area contributed by atoms with Crippen LogP contribution in [0.1, 0.15) is 27.0 Å². The van der Waals surface area contributed by atoms with Crippen molar-refractivity contribution in [3.63, 3.8) is 0 Å². The van der Waals surface area contributed by atoms with Gasteiger partial charge in [-0.25, -0.2) is 0 Å². The first-order chi connectivity index (χ1) is 10.2. The number of anilines is 1. The van der Waals surface area contributed by atoms with Crippen LogP contribution in [0.25, 0.3) is 0 Å². The third-order valence-electron chi connectivity index (χ3n) is 4.10. The molecule has 1 N–H and O–H groups in total. The molecular formula is C18H20N2O. The molecule has 0 bridgehead atoms. The van der Waals surface area contributed by atoms with E-state index in [1.54, 1.807) is 4.90 Å². The minimum Gasteiger partial charge on any atom is -0.312 e. The normalized spacial score (nSPS) is 13.6. The van der Waals surface area contributed by atoms with Crippen molar-refractivity contribution in [1.29, 1.82) is 0 Å². The van der Waals surface area contributed by atoms with Crippen LogP contribution in [0.3, 0.4) is 0 Å². The molecule has 1 aliphatic heterocycles. The highest BCUT2D eigenvalue weighted by molar-refractivity contribution is 6.07. The lowest BCUT2D eigenvalue weighted by Gasteiger charge is -2.23. The Kier molecular flexibility index (Phi) is 3.76. The maximum absolute atomic E-state index is 12.8. The maximum Gasteiger partial charge on any atom is 0.258 e. The van der Waals surface area contributed by atoms with Gasteiger partial charge in [-0.05, 0) is 49.2 Å². The van der Waals surface area contributed by atoms with Gasteiger partial charge in [0, 0.05) is 24.8 Å². The van der Waals surface area contributed by atoms with E-state index in [4.69, 9.17) is 0 Å². The number of rotatable bonds is 2. The van der Waals surface area contributed by atoms with Gasteiger partial charge in [-0.3, -0.25) is 4.79 Å². The molecule has 2 aromatic carbocycles. The van der Waals surface area contributed by atoms with Crippen molar-refractivity contribution >= 4 is 11.6 Å². The molecular weight excluding hydrogens is 260 g/mol. The topological polar surface area (TPSA) is 32.3 Å². The van der Waals surface area contributed by atoms with Gasteiger partial charge in [0.2, 0.25) is 0 Å². The predicted octanol–water partition coefficient (Wildman–Crippen LogP) is 2.92. The largest absolute Gasteiger partial charge is 0.312 e. The first-order valence-electron chi connectivity index (χ1n) is 7.33. The van der Waals surface area contributed by atoms with E-state index in [2.05, 4.69) is 11.4 Å². The van der Waals surface area contributed by atoms with Crippen molar-refractivity contribution in [3.8, 4) is 0 Å². The molecule has 108 valence electrons. The molecule has 0 fully saturated rings. The SMILES string of the molecule is Cc1ccc(N(C)C(=O)c2cccc3c2CCNC3)cc1. The number of nitrogens with zero attached hydrogens (tertiary/aromatic N) is 1. The fraction of sp³-hybridized carbons (Fsp3) is 0.278. The Morgan fingerprint density at radius 3 is 2.67 bits per heavy atom. The molecule has 2 aromatic rings. The van der Waals surface area contributed by atoms with E-state index in [0.29, 0.717) is 0 Å². The van der Waals surface area contributed by atoms with Crippen molar-refractivity contribution in [3.05, 3.63) is 64.7 Å². The summed E-state index contributed by atoms with van der Waals surface area (Å²) in [6, 6.07) is 14.1. The van der Waals surface area contributed by atoms with Crippen LogP contribution in [0.2, 0.25) is 0 Å². The summed E-state index contributed by atoms with van der Waals surface area (Å²) < 4.78 is 0. The highest BCUT2D eigenvalue weighted by Crippen LogP contribution is 2.22. The molecule has 1 amide bonds. The Balaban J connectivity index is 1.93. The van der Waals surface area contributed by atoms with Crippen LogP contribution < -0.4 is 10.2 Å². The molecule has 1 heterocycles. The second-order valence-corrected chi connectivity index (χ2v) is 5.57. The van der Waals surface area contributed by atoms with Gasteiger partial charge in [-0.2, -0.15) is 0 Å². The summed E-state index contributed by atoms with van der Waals surface area (Å²) in [5, 5.41) is 3.35. The van der Waals surface area contributed by atoms with Crippen LogP contribution in [0, 0.1) is 6.92 Å². The monoisotopic (exact) mass is 280 g/mol. The van der Waals surface area contributed by atoms with Crippen LogP contribution in [-0.4, -0.2) is 19.5 Å². The number of aryl methyl sites for hydroxylation is 1. The van der Waals surface area contributed by atoms with Gasteiger partial charge in [0.05, 0.1) is 0 Å². The smallest absolute Gasteiger partial charge is 0.258 e. The number of carbonyl (C=O) groups is 1. The molecule has 0 aromatic heterocycles. The minimum atomic E-state index is 0.0672. The Morgan fingerprint density at radius 2 is 1.90 bits per heavy atom. The van der Waals surface area contributed by atoms with Crippen LogP contribution in [0.4, 0.5) is 5.69 Å². The van der Waals surface area contributed by atoms with E-state index in [1.807, 2.05) is 50.4 Å². The number of fused-ring (bicyclic) bond motifs is 1. The van der Waals surface area contributed by atoms with Crippen molar-refractivity contribution in [2.24, 2.45) is 0 Å². The quantitative estimate of drug-likeness (QED) is 0.917. The molecule has 21 heavy (non-hydrogen) atoms. The van der Waals surface area contributed by atoms with Crippen molar-refractivity contribution < 1.29 is 4.79 Å². The number of hydrogen-bond donors (Lipinski definition) is 1. The van der Waals surface area contributed by atoms with Crippen LogP contribution >= 0.6 is 0 Å². The summed E-state index contributed by atoms with van der Waals surface area (Å²) in [5.41, 5.74) is 5.39. The molecule has 0 spiro atoms. The van der Waals surface area contributed by atoms with Gasteiger partial charge in [0.1, 0.15) is 0 Å². The minimum absolute atomic E-state index is 0.0672. The Hall–Kier alpha value is -2.13. The van der Waals surface area contributed by atoms with Gasteiger partial charge in [-0.15, -0.1) is 0 Å². The number of hydrogen-bond acceptors (Lipinski definition) is 2. The predicted molar refractivity (Wildman–Crippen MR) is 85.8 cm³/mol. The molecule has 0 aliphatic carbocycles. The number of carbonyl (C=O) groups excluding carboxylic acids is 1. The zero-order valence-corrected chi connectivity index (χ0v) is 12.5. The molecule has 0 unspecified atom stereocenters. The molecule has 0 saturated heterocycles. The van der Waals surface area contributed by atoms with E-state index in [9.17, 15) is 4.79 Å². The van der Waals surface area contributed by atoms with Gasteiger partial charge < -0.3 is 10.2 Å². The fourth-order valence-electron chi connectivity index (χ4n) is 2.80. The Bertz CT molecular complexity index is 661. The van der Waals surface area contributed by atoms with Crippen molar-refractivity contribution in [2.75, 3.05) is 18.5 Å². The zero-order chi connectivity index (χ0) is 14.8. The standard InChI is InChI=1S/C18H20N2O/c1-13-6-8-15(9-7-13)20(2)18(21)17-5-3-4-14-12-19-11-10-16(14)17/h3-9,19H,10-12H2,1-2H3. The summed E-state index contributed by atoms with van der Waals surface area (Å²) in [7, 11) is 1.84. The molecule has 3 nitrogen and oxygen atoms in total. The number of nitrogens with one attached hydrogen (secondary N) is 1. The van der Waals surface area contributed by atoms with Crippen molar-refractivity contribution in [1.82, 2.24) is 5.32 Å². The zero-order valence-electron chi connectivity index (χ0n) is 12.5. The second-order valence-electron chi connectivity index (χ2n) is 5.57. The first-order valence-corrected chi connectivity index (χ1v) is 7.33. The molecule has 0 atom stereocenters. The molecule has 3 heteroatoms. The molecule has 0 radical (unpaired) electrons. The summed E-state index contributed by atoms with van der Waals surface area (Å²) >= 11 is 0. The van der Waals surface area contributed by atoms with E-state index in [-0.39, 0.29) is 5.91 Å². The number of amides is 1. The summed E-state index contributed by atoms with van der Waals surface area (Å²) in [5.74, 6) is 0.0672. The van der Waals surface area contributed by atoms with Gasteiger partial charge >= 0.3 is 0 Å². The second kappa shape index (κ2) is 5.70. The highest BCUT2D eigenvalue weighted by atomic mass is 16.2.